The van der Waals surface area contributed by atoms with Crippen LogP contribution < -0.4 is 5.32 Å². The van der Waals surface area contributed by atoms with Gasteiger partial charge in [0.05, 0.1) is 12.5 Å². The predicted molar refractivity (Wildman–Crippen MR) is 60.7 cm³/mol. The van der Waals surface area contributed by atoms with E-state index in [1.165, 1.54) is 25.1 Å². The Morgan fingerprint density at radius 3 is 3.20 bits per heavy atom. The van der Waals surface area contributed by atoms with Crippen LogP contribution in [-0.4, -0.2) is 31.6 Å². The van der Waals surface area contributed by atoms with Crippen LogP contribution in [0.1, 0.15) is 24.9 Å². The maximum Gasteiger partial charge on any atom is 0.0950 e. The van der Waals surface area contributed by atoms with E-state index in [1.54, 1.807) is 6.26 Å². The minimum Gasteiger partial charge on any atom is -0.472 e. The van der Waals surface area contributed by atoms with Crippen LogP contribution in [0.25, 0.3) is 0 Å². The van der Waals surface area contributed by atoms with Crippen molar-refractivity contribution in [1.82, 2.24) is 10.2 Å². The molecule has 2 unspecified atom stereocenters. The number of hydrogen-bond acceptors (Lipinski definition) is 3. The summed E-state index contributed by atoms with van der Waals surface area (Å²) >= 11 is 0. The van der Waals surface area contributed by atoms with Gasteiger partial charge in [-0.1, -0.05) is 0 Å². The molecule has 1 aromatic rings. The Balaban J connectivity index is 1.90. The van der Waals surface area contributed by atoms with Crippen molar-refractivity contribution in [3.63, 3.8) is 0 Å². The van der Waals surface area contributed by atoms with Crippen molar-refractivity contribution >= 4 is 0 Å². The second-order valence-corrected chi connectivity index (χ2v) is 4.44. The second kappa shape index (κ2) is 4.81. The lowest BCUT2D eigenvalue weighted by Gasteiger charge is -2.23. The molecule has 1 fully saturated rings. The third kappa shape index (κ3) is 2.41. The van der Waals surface area contributed by atoms with Crippen LogP contribution in [0.2, 0.25) is 0 Å². The van der Waals surface area contributed by atoms with Crippen molar-refractivity contribution in [1.29, 1.82) is 0 Å². The highest BCUT2D eigenvalue weighted by atomic mass is 16.3. The molecule has 0 aromatic carbocycles. The lowest BCUT2D eigenvalue weighted by atomic mass is 10.1. The summed E-state index contributed by atoms with van der Waals surface area (Å²) in [5.74, 6) is 0.810. The third-order valence-electron chi connectivity index (χ3n) is 3.38. The molecule has 3 heteroatoms. The maximum atomic E-state index is 5.13. The zero-order chi connectivity index (χ0) is 10.7. The van der Waals surface area contributed by atoms with Crippen LogP contribution in [0.3, 0.4) is 0 Å². The number of hydrogen-bond donors (Lipinski definition) is 1. The van der Waals surface area contributed by atoms with Gasteiger partial charge in [0.15, 0.2) is 0 Å². The molecular formula is C12H20N2O. The minimum absolute atomic E-state index is 0.491. The largest absolute Gasteiger partial charge is 0.472 e. The van der Waals surface area contributed by atoms with Crippen molar-refractivity contribution in [2.45, 2.75) is 19.4 Å². The summed E-state index contributed by atoms with van der Waals surface area (Å²) in [5, 5.41) is 3.26. The van der Waals surface area contributed by atoms with Crippen molar-refractivity contribution in [2.24, 2.45) is 5.92 Å². The molecular weight excluding hydrogens is 188 g/mol. The molecule has 0 aliphatic carbocycles. The van der Waals surface area contributed by atoms with E-state index in [-0.39, 0.29) is 0 Å². The molecule has 84 valence electrons. The fourth-order valence-electron chi connectivity index (χ4n) is 2.39. The fraction of sp³-hybridized carbons (Fsp3) is 0.667. The second-order valence-electron chi connectivity index (χ2n) is 4.44. The van der Waals surface area contributed by atoms with Crippen LogP contribution in [-0.2, 0) is 0 Å². The maximum absolute atomic E-state index is 5.13. The van der Waals surface area contributed by atoms with Crippen molar-refractivity contribution in [3.05, 3.63) is 24.2 Å². The van der Waals surface area contributed by atoms with E-state index in [0.717, 1.165) is 12.5 Å². The van der Waals surface area contributed by atoms with Gasteiger partial charge < -0.3 is 9.73 Å². The Bertz CT molecular complexity index is 284. The highest BCUT2D eigenvalue weighted by Crippen LogP contribution is 2.27. The molecule has 15 heavy (non-hydrogen) atoms. The molecule has 1 aromatic heterocycles. The van der Waals surface area contributed by atoms with E-state index in [0.29, 0.717) is 6.04 Å². The van der Waals surface area contributed by atoms with Gasteiger partial charge in [-0.05, 0) is 45.5 Å². The Kier molecular flexibility index (Phi) is 3.44. The van der Waals surface area contributed by atoms with E-state index < -0.39 is 0 Å². The molecule has 1 saturated heterocycles. The van der Waals surface area contributed by atoms with Gasteiger partial charge in [-0.25, -0.2) is 0 Å². The van der Waals surface area contributed by atoms with Gasteiger partial charge in [0.25, 0.3) is 0 Å². The Labute approximate surface area is 91.4 Å². The molecule has 0 bridgehead atoms. The standard InChI is InChI=1S/C12H20N2O/c1-10(12-4-6-15-9-12)14-5-3-11(8-14)7-13-2/h4,6,9-11,13H,3,5,7-8H2,1-2H3. The summed E-state index contributed by atoms with van der Waals surface area (Å²) in [5.41, 5.74) is 1.29. The number of likely N-dealkylation sites (tertiary alicyclic amines) is 1. The van der Waals surface area contributed by atoms with Crippen LogP contribution >= 0.6 is 0 Å². The average Bonchev–Trinajstić information content (AvgIpc) is 2.87. The van der Waals surface area contributed by atoms with E-state index in [2.05, 4.69) is 23.2 Å². The lowest BCUT2D eigenvalue weighted by molar-refractivity contribution is 0.251. The zero-order valence-electron chi connectivity index (χ0n) is 9.57. The monoisotopic (exact) mass is 208 g/mol. The molecule has 1 N–H and O–H groups in total. The number of nitrogens with one attached hydrogen (secondary N) is 1. The van der Waals surface area contributed by atoms with Crippen LogP contribution in [0.5, 0.6) is 0 Å². The molecule has 0 amide bonds. The summed E-state index contributed by atoms with van der Waals surface area (Å²) < 4.78 is 5.13. The molecule has 0 radical (unpaired) electrons. The smallest absolute Gasteiger partial charge is 0.0950 e. The summed E-state index contributed by atoms with van der Waals surface area (Å²) in [6.07, 6.45) is 4.92. The van der Waals surface area contributed by atoms with Crippen LogP contribution in [0, 0.1) is 5.92 Å². The summed E-state index contributed by atoms with van der Waals surface area (Å²) in [6, 6.07) is 2.56. The predicted octanol–water partition coefficient (Wildman–Crippen LogP) is 1.88. The van der Waals surface area contributed by atoms with Gasteiger partial charge >= 0.3 is 0 Å². The van der Waals surface area contributed by atoms with Crippen molar-refractivity contribution in [3.8, 4) is 0 Å². The van der Waals surface area contributed by atoms with Crippen LogP contribution in [0.15, 0.2) is 23.0 Å². The molecule has 2 heterocycles. The van der Waals surface area contributed by atoms with Gasteiger partial charge in [-0.2, -0.15) is 0 Å². The zero-order valence-corrected chi connectivity index (χ0v) is 9.57. The molecule has 1 aliphatic rings. The van der Waals surface area contributed by atoms with Gasteiger partial charge in [0, 0.05) is 18.2 Å². The molecule has 0 saturated carbocycles. The summed E-state index contributed by atoms with van der Waals surface area (Å²) in [7, 11) is 2.03. The number of furan rings is 1. The summed E-state index contributed by atoms with van der Waals surface area (Å²) in [4.78, 5) is 2.53. The minimum atomic E-state index is 0.491. The number of nitrogens with zero attached hydrogens (tertiary/aromatic N) is 1. The lowest BCUT2D eigenvalue weighted by Crippen LogP contribution is -2.26. The van der Waals surface area contributed by atoms with Crippen molar-refractivity contribution in [2.75, 3.05) is 26.7 Å². The molecule has 2 atom stereocenters. The SMILES string of the molecule is CNCC1CCN(C(C)c2ccoc2)C1. The average molecular weight is 208 g/mol. The first-order chi connectivity index (χ1) is 7.31. The molecule has 0 spiro atoms. The van der Waals surface area contributed by atoms with Gasteiger partial charge in [0.2, 0.25) is 0 Å². The van der Waals surface area contributed by atoms with E-state index in [4.69, 9.17) is 4.42 Å². The van der Waals surface area contributed by atoms with Gasteiger partial charge in [-0.3, -0.25) is 4.90 Å². The molecule has 3 nitrogen and oxygen atoms in total. The first-order valence-corrected chi connectivity index (χ1v) is 5.72. The number of rotatable bonds is 4. The molecule has 1 aliphatic heterocycles. The van der Waals surface area contributed by atoms with E-state index in [1.807, 2.05) is 13.3 Å². The van der Waals surface area contributed by atoms with Gasteiger partial charge in [0.1, 0.15) is 0 Å². The highest BCUT2D eigenvalue weighted by molar-refractivity contribution is 5.11. The third-order valence-corrected chi connectivity index (χ3v) is 3.38. The Morgan fingerprint density at radius 2 is 2.53 bits per heavy atom. The van der Waals surface area contributed by atoms with E-state index in [9.17, 15) is 0 Å². The quantitative estimate of drug-likeness (QED) is 0.819. The summed E-state index contributed by atoms with van der Waals surface area (Å²) in [6.45, 7) is 5.80. The van der Waals surface area contributed by atoms with Crippen LogP contribution in [0.4, 0.5) is 0 Å². The Morgan fingerprint density at radius 1 is 1.67 bits per heavy atom. The molecule has 2 rings (SSSR count). The Hall–Kier alpha value is -0.800. The van der Waals surface area contributed by atoms with Crippen molar-refractivity contribution < 1.29 is 4.42 Å². The highest BCUT2D eigenvalue weighted by Gasteiger charge is 2.26. The van der Waals surface area contributed by atoms with Gasteiger partial charge in [-0.15, -0.1) is 0 Å². The normalized spacial score (nSPS) is 24.5. The van der Waals surface area contributed by atoms with E-state index >= 15 is 0 Å². The topological polar surface area (TPSA) is 28.4 Å². The first kappa shape index (κ1) is 10.7. The first-order valence-electron chi connectivity index (χ1n) is 5.72. The fourth-order valence-corrected chi connectivity index (χ4v) is 2.39.